The van der Waals surface area contributed by atoms with Gasteiger partial charge >= 0.3 is 6.03 Å². The number of carbonyl (C=O) groups is 3. The summed E-state index contributed by atoms with van der Waals surface area (Å²) in [6.45, 7) is 3.94. The molecule has 1 aromatic rings. The van der Waals surface area contributed by atoms with Gasteiger partial charge in [0, 0.05) is 11.5 Å². The Balaban J connectivity index is 1.56. The van der Waals surface area contributed by atoms with Gasteiger partial charge < -0.3 is 10.6 Å². The van der Waals surface area contributed by atoms with Crippen molar-refractivity contribution in [2.24, 2.45) is 17.3 Å². The van der Waals surface area contributed by atoms with E-state index in [1.807, 2.05) is 13.8 Å². The molecule has 1 spiro atoms. The minimum Gasteiger partial charge on any atom is -0.348 e. The van der Waals surface area contributed by atoms with Gasteiger partial charge in [-0.2, -0.15) is 0 Å². The molecule has 1 saturated heterocycles. The predicted octanol–water partition coefficient (Wildman–Crippen LogP) is 3.20. The maximum Gasteiger partial charge on any atom is 0.322 e. The lowest BCUT2D eigenvalue weighted by Gasteiger charge is -2.50. The van der Waals surface area contributed by atoms with Crippen molar-refractivity contribution in [1.82, 2.24) is 16.0 Å². The molecule has 6 nitrogen and oxygen atoms in total. The van der Waals surface area contributed by atoms with Gasteiger partial charge in [-0.1, -0.05) is 25.4 Å². The highest BCUT2D eigenvalue weighted by Gasteiger charge is 2.58. The number of carbonyl (C=O) groups excluding carboxylic acids is 3. The predicted molar refractivity (Wildman–Crippen MR) is 101 cm³/mol. The monoisotopic (exact) mass is 425 g/mol. The van der Waals surface area contributed by atoms with Crippen molar-refractivity contribution in [3.63, 3.8) is 0 Å². The van der Waals surface area contributed by atoms with Gasteiger partial charge in [-0.05, 0) is 49.1 Å². The summed E-state index contributed by atoms with van der Waals surface area (Å²) in [5, 5.41) is 7.34. The number of hydrogen-bond acceptors (Lipinski definition) is 3. The molecule has 3 aliphatic rings. The Hall–Kier alpha value is -2.22. The van der Waals surface area contributed by atoms with E-state index in [0.29, 0.717) is 18.8 Å². The van der Waals surface area contributed by atoms with Crippen LogP contribution < -0.4 is 16.0 Å². The molecule has 1 aromatic carbocycles. The maximum absolute atomic E-state index is 14.8. The second-order valence-corrected chi connectivity index (χ2v) is 9.37. The van der Waals surface area contributed by atoms with Crippen LogP contribution in [0.25, 0.3) is 0 Å². The van der Waals surface area contributed by atoms with E-state index >= 15 is 0 Å². The Kier molecular flexibility index (Phi) is 4.60. The van der Waals surface area contributed by atoms with Gasteiger partial charge in [0.05, 0.1) is 11.1 Å². The molecule has 4 amide bonds. The third kappa shape index (κ3) is 3.17. The summed E-state index contributed by atoms with van der Waals surface area (Å²) in [7, 11) is 0. The van der Waals surface area contributed by atoms with Crippen LogP contribution in [0.2, 0.25) is 5.02 Å². The average molecular weight is 426 g/mol. The molecule has 3 N–H and O–H groups in total. The first kappa shape index (κ1) is 20.1. The Bertz CT molecular complexity index is 910. The van der Waals surface area contributed by atoms with Crippen molar-refractivity contribution in [3.8, 4) is 0 Å². The van der Waals surface area contributed by atoms with Gasteiger partial charge in [-0.3, -0.25) is 14.9 Å². The summed E-state index contributed by atoms with van der Waals surface area (Å²) < 4.78 is 29.4. The minimum absolute atomic E-state index is 0.150. The molecule has 0 radical (unpaired) electrons. The van der Waals surface area contributed by atoms with E-state index in [0.717, 1.165) is 12.1 Å². The molecule has 1 heterocycles. The molecule has 1 unspecified atom stereocenters. The first-order valence-electron chi connectivity index (χ1n) is 9.62. The van der Waals surface area contributed by atoms with Crippen molar-refractivity contribution < 1.29 is 23.2 Å². The van der Waals surface area contributed by atoms with Crippen LogP contribution in [-0.4, -0.2) is 23.4 Å². The molecule has 1 aliphatic heterocycles. The SMILES string of the molecule is CC1CC(C)(C(NC(=O)C2CC3(C2)NC(=O)NC3=O)c2c(F)ccc(Cl)c2F)C1. The number of urea groups is 1. The van der Waals surface area contributed by atoms with E-state index in [4.69, 9.17) is 11.6 Å². The van der Waals surface area contributed by atoms with Gasteiger partial charge in [0.25, 0.3) is 5.91 Å². The van der Waals surface area contributed by atoms with E-state index in [1.54, 1.807) is 0 Å². The molecule has 156 valence electrons. The lowest BCUT2D eigenvalue weighted by Crippen LogP contribution is -2.61. The smallest absolute Gasteiger partial charge is 0.322 e. The van der Waals surface area contributed by atoms with Gasteiger partial charge in [0.1, 0.15) is 17.2 Å². The number of amides is 4. The number of rotatable bonds is 4. The molecule has 4 rings (SSSR count). The highest BCUT2D eigenvalue weighted by Crippen LogP contribution is 2.54. The zero-order valence-corrected chi connectivity index (χ0v) is 16.8. The Morgan fingerprint density at radius 3 is 2.45 bits per heavy atom. The number of nitrogens with one attached hydrogen (secondary N) is 3. The number of hydrogen-bond donors (Lipinski definition) is 3. The largest absolute Gasteiger partial charge is 0.348 e. The molecule has 2 saturated carbocycles. The van der Waals surface area contributed by atoms with Crippen LogP contribution in [0.4, 0.5) is 13.6 Å². The maximum atomic E-state index is 14.8. The summed E-state index contributed by atoms with van der Waals surface area (Å²) in [4.78, 5) is 36.2. The third-order valence-corrected chi connectivity index (χ3v) is 6.85. The van der Waals surface area contributed by atoms with Crippen LogP contribution in [-0.2, 0) is 9.59 Å². The normalized spacial score (nSPS) is 34.1. The lowest BCUT2D eigenvalue weighted by molar-refractivity contribution is -0.138. The summed E-state index contributed by atoms with van der Waals surface area (Å²) in [5.41, 5.74) is -1.81. The molecule has 0 aromatic heterocycles. The molecule has 3 fully saturated rings. The van der Waals surface area contributed by atoms with Crippen molar-refractivity contribution in [1.29, 1.82) is 0 Å². The van der Waals surface area contributed by atoms with E-state index in [1.165, 1.54) is 0 Å². The minimum atomic E-state index is -1.06. The zero-order chi connectivity index (χ0) is 21.1. The number of halogens is 3. The van der Waals surface area contributed by atoms with Crippen molar-refractivity contribution in [2.75, 3.05) is 0 Å². The van der Waals surface area contributed by atoms with Crippen LogP contribution >= 0.6 is 11.6 Å². The topological polar surface area (TPSA) is 87.3 Å². The quantitative estimate of drug-likeness (QED) is 0.511. The first-order valence-corrected chi connectivity index (χ1v) is 10.00. The van der Waals surface area contributed by atoms with Gasteiger partial charge in [-0.25, -0.2) is 13.6 Å². The van der Waals surface area contributed by atoms with E-state index in [-0.39, 0.29) is 23.4 Å². The first-order chi connectivity index (χ1) is 13.5. The van der Waals surface area contributed by atoms with Gasteiger partial charge in [-0.15, -0.1) is 0 Å². The third-order valence-electron chi connectivity index (χ3n) is 6.56. The molecule has 29 heavy (non-hydrogen) atoms. The Morgan fingerprint density at radius 2 is 1.90 bits per heavy atom. The van der Waals surface area contributed by atoms with E-state index < -0.39 is 52.4 Å². The fraction of sp³-hybridized carbons (Fsp3) is 0.550. The van der Waals surface area contributed by atoms with Gasteiger partial charge in [0.2, 0.25) is 5.91 Å². The van der Waals surface area contributed by atoms with Crippen molar-refractivity contribution in [2.45, 2.75) is 51.1 Å². The van der Waals surface area contributed by atoms with Crippen LogP contribution in [0.5, 0.6) is 0 Å². The second-order valence-electron chi connectivity index (χ2n) is 8.96. The van der Waals surface area contributed by atoms with Crippen LogP contribution in [0.15, 0.2) is 12.1 Å². The number of imide groups is 1. The molecular formula is C20H22ClF2N3O3. The van der Waals surface area contributed by atoms with Crippen LogP contribution in [0, 0.1) is 28.9 Å². The lowest BCUT2D eigenvalue weighted by atomic mass is 9.58. The molecule has 0 bridgehead atoms. The molecule has 9 heteroatoms. The standard InChI is InChI=1S/C20H22ClF2N3O3/c1-9-5-19(2,6-9)15(13-12(22)4-3-11(21)14(13)23)24-16(27)10-7-20(8-10)17(28)25-18(29)26-20/h3-4,9-10,15H,5-8H2,1-2H3,(H,24,27)(H2,25,26,28,29). The van der Waals surface area contributed by atoms with Crippen molar-refractivity contribution in [3.05, 3.63) is 34.4 Å². The summed E-state index contributed by atoms with van der Waals surface area (Å²) >= 11 is 5.88. The molecule has 2 aliphatic carbocycles. The average Bonchev–Trinajstić information content (AvgIpc) is 2.89. The van der Waals surface area contributed by atoms with Crippen LogP contribution in [0.3, 0.4) is 0 Å². The fourth-order valence-electron chi connectivity index (χ4n) is 5.21. The summed E-state index contributed by atoms with van der Waals surface area (Å²) in [5.74, 6) is -2.62. The zero-order valence-electron chi connectivity index (χ0n) is 16.1. The molecular weight excluding hydrogens is 404 g/mol. The Morgan fingerprint density at radius 1 is 1.24 bits per heavy atom. The Labute approximate surface area is 171 Å². The molecule has 1 atom stereocenters. The van der Waals surface area contributed by atoms with Crippen LogP contribution in [0.1, 0.15) is 51.1 Å². The summed E-state index contributed by atoms with van der Waals surface area (Å²) in [6.07, 6.45) is 1.71. The fourth-order valence-corrected chi connectivity index (χ4v) is 5.38. The van der Waals surface area contributed by atoms with E-state index in [2.05, 4.69) is 16.0 Å². The highest BCUT2D eigenvalue weighted by atomic mass is 35.5. The van der Waals surface area contributed by atoms with E-state index in [9.17, 15) is 23.2 Å². The van der Waals surface area contributed by atoms with Gasteiger partial charge in [0.15, 0.2) is 0 Å². The summed E-state index contributed by atoms with van der Waals surface area (Å²) in [6, 6.07) is 0.790. The highest BCUT2D eigenvalue weighted by molar-refractivity contribution is 6.30. The number of benzene rings is 1. The second kappa shape index (κ2) is 6.65. The van der Waals surface area contributed by atoms with Crippen molar-refractivity contribution >= 4 is 29.4 Å².